The fourth-order valence-corrected chi connectivity index (χ4v) is 4.04. The summed E-state index contributed by atoms with van der Waals surface area (Å²) in [5.41, 5.74) is 3.93. The maximum absolute atomic E-state index is 12.9. The monoisotopic (exact) mass is 373 g/mol. The highest BCUT2D eigenvalue weighted by atomic mass is 35.5. The quantitative estimate of drug-likeness (QED) is 0.743. The van der Waals surface area contributed by atoms with Crippen molar-refractivity contribution in [2.75, 3.05) is 33.7 Å². The van der Waals surface area contributed by atoms with E-state index in [0.29, 0.717) is 17.6 Å². The molecule has 26 heavy (non-hydrogen) atoms. The zero-order chi connectivity index (χ0) is 18.8. The second-order valence-electron chi connectivity index (χ2n) is 7.49. The Balaban J connectivity index is 1.73. The minimum absolute atomic E-state index is 0.210. The van der Waals surface area contributed by atoms with Gasteiger partial charge in [0.05, 0.1) is 6.54 Å². The van der Waals surface area contributed by atoms with Gasteiger partial charge in [-0.15, -0.1) is 0 Å². The van der Waals surface area contributed by atoms with Gasteiger partial charge in [0.25, 0.3) is 0 Å². The van der Waals surface area contributed by atoms with E-state index in [1.807, 2.05) is 44.2 Å². The van der Waals surface area contributed by atoms with Crippen LogP contribution in [0.4, 0.5) is 0 Å². The molecular weight excluding hydrogens is 346 g/mol. The zero-order valence-corrected chi connectivity index (χ0v) is 16.9. The van der Waals surface area contributed by atoms with E-state index < -0.39 is 0 Å². The smallest absolute Gasteiger partial charge is 0.178 e. The molecule has 0 bridgehead atoms. The Labute approximate surface area is 161 Å². The van der Waals surface area contributed by atoms with Crippen molar-refractivity contribution in [2.45, 2.75) is 32.7 Å². The summed E-state index contributed by atoms with van der Waals surface area (Å²) < 4.78 is 2.13. The summed E-state index contributed by atoms with van der Waals surface area (Å²) in [4.78, 5) is 17.5. The van der Waals surface area contributed by atoms with Crippen molar-refractivity contribution in [1.29, 1.82) is 0 Å². The Hall–Kier alpha value is -1.62. The van der Waals surface area contributed by atoms with Crippen LogP contribution in [0.25, 0.3) is 5.69 Å². The van der Waals surface area contributed by atoms with Crippen molar-refractivity contribution >= 4 is 17.4 Å². The highest BCUT2D eigenvalue weighted by molar-refractivity contribution is 6.30. The molecule has 0 N–H and O–H groups in total. The molecule has 0 unspecified atom stereocenters. The number of piperidine rings is 1. The largest absolute Gasteiger partial charge is 0.318 e. The molecule has 0 atom stereocenters. The average Bonchev–Trinajstić information content (AvgIpc) is 2.91. The van der Waals surface area contributed by atoms with Crippen LogP contribution in [-0.4, -0.2) is 59.9 Å². The highest BCUT2D eigenvalue weighted by Gasteiger charge is 2.24. The number of carbonyl (C=O) groups is 1. The van der Waals surface area contributed by atoms with E-state index in [2.05, 4.69) is 28.5 Å². The minimum atomic E-state index is 0.210. The maximum Gasteiger partial charge on any atom is 0.178 e. The first-order chi connectivity index (χ1) is 12.4. The average molecular weight is 374 g/mol. The third-order valence-electron chi connectivity index (χ3n) is 5.47. The SMILES string of the molecule is Cc1cc(C(=O)CN2CCC(N(C)C)CC2)c(C)n1-c1ccc(Cl)cc1. The predicted molar refractivity (Wildman–Crippen MR) is 108 cm³/mol. The fourth-order valence-electron chi connectivity index (χ4n) is 3.91. The van der Waals surface area contributed by atoms with E-state index in [0.717, 1.165) is 48.6 Å². The molecule has 4 nitrogen and oxygen atoms in total. The van der Waals surface area contributed by atoms with Gasteiger partial charge in [-0.25, -0.2) is 0 Å². The number of nitrogens with zero attached hydrogens (tertiary/aromatic N) is 3. The Kier molecular flexibility index (Phi) is 5.86. The molecule has 0 saturated carbocycles. The van der Waals surface area contributed by atoms with E-state index in [4.69, 9.17) is 11.6 Å². The van der Waals surface area contributed by atoms with Gasteiger partial charge in [-0.2, -0.15) is 0 Å². The standard InChI is InChI=1S/C21H28ClN3O/c1-15-13-20(16(2)25(15)19-7-5-17(22)6-8-19)21(26)14-24-11-9-18(10-12-24)23(3)4/h5-8,13,18H,9-12,14H2,1-4H3. The molecule has 0 aliphatic carbocycles. The third kappa shape index (κ3) is 4.03. The molecule has 1 aliphatic heterocycles. The van der Waals surface area contributed by atoms with Crippen molar-refractivity contribution in [3.05, 3.63) is 52.3 Å². The number of rotatable bonds is 5. The van der Waals surface area contributed by atoms with Gasteiger partial charge in [0.1, 0.15) is 0 Å². The highest BCUT2D eigenvalue weighted by Crippen LogP contribution is 2.23. The molecule has 5 heteroatoms. The van der Waals surface area contributed by atoms with Crippen LogP contribution in [0.15, 0.2) is 30.3 Å². The number of Topliss-reactive ketones (excluding diaryl/α,β-unsaturated/α-hetero) is 1. The van der Waals surface area contributed by atoms with Gasteiger partial charge < -0.3 is 9.47 Å². The first kappa shape index (κ1) is 19.2. The van der Waals surface area contributed by atoms with Crippen LogP contribution in [0.1, 0.15) is 34.6 Å². The molecule has 1 saturated heterocycles. The second kappa shape index (κ2) is 7.95. The lowest BCUT2D eigenvalue weighted by molar-refractivity contribution is 0.0873. The Morgan fingerprint density at radius 1 is 1.15 bits per heavy atom. The third-order valence-corrected chi connectivity index (χ3v) is 5.72. The number of hydrogen-bond acceptors (Lipinski definition) is 3. The van der Waals surface area contributed by atoms with Gasteiger partial charge in [0.15, 0.2) is 5.78 Å². The predicted octanol–water partition coefficient (Wildman–Crippen LogP) is 3.96. The maximum atomic E-state index is 12.9. The van der Waals surface area contributed by atoms with Gasteiger partial charge in [0.2, 0.25) is 0 Å². The van der Waals surface area contributed by atoms with Crippen LogP contribution in [-0.2, 0) is 0 Å². The number of likely N-dealkylation sites (tertiary alicyclic amines) is 1. The molecule has 1 aromatic heterocycles. The van der Waals surface area contributed by atoms with Crippen molar-refractivity contribution in [2.24, 2.45) is 0 Å². The van der Waals surface area contributed by atoms with E-state index in [9.17, 15) is 4.79 Å². The Bertz CT molecular complexity index is 771. The number of halogens is 1. The van der Waals surface area contributed by atoms with Crippen molar-refractivity contribution < 1.29 is 4.79 Å². The van der Waals surface area contributed by atoms with Gasteiger partial charge in [-0.1, -0.05) is 11.6 Å². The van der Waals surface area contributed by atoms with E-state index in [1.165, 1.54) is 0 Å². The fraction of sp³-hybridized carbons (Fsp3) is 0.476. The summed E-state index contributed by atoms with van der Waals surface area (Å²) >= 11 is 6.00. The number of aromatic nitrogens is 1. The molecule has 3 rings (SSSR count). The Morgan fingerprint density at radius 2 is 1.77 bits per heavy atom. The van der Waals surface area contributed by atoms with E-state index >= 15 is 0 Å². The van der Waals surface area contributed by atoms with Crippen molar-refractivity contribution in [3.8, 4) is 5.69 Å². The molecule has 0 radical (unpaired) electrons. The summed E-state index contributed by atoms with van der Waals surface area (Å²) in [7, 11) is 4.27. The lowest BCUT2D eigenvalue weighted by Crippen LogP contribution is -2.43. The van der Waals surface area contributed by atoms with Crippen LogP contribution < -0.4 is 0 Å². The lowest BCUT2D eigenvalue weighted by atomic mass is 10.0. The molecule has 0 spiro atoms. The molecule has 1 fully saturated rings. The van der Waals surface area contributed by atoms with Crippen molar-refractivity contribution in [1.82, 2.24) is 14.4 Å². The minimum Gasteiger partial charge on any atom is -0.318 e. The van der Waals surface area contributed by atoms with Crippen molar-refractivity contribution in [3.63, 3.8) is 0 Å². The van der Waals surface area contributed by atoms with Gasteiger partial charge in [0, 0.05) is 46.8 Å². The van der Waals surface area contributed by atoms with E-state index in [1.54, 1.807) is 0 Å². The number of ketones is 1. The molecule has 1 aliphatic rings. The summed E-state index contributed by atoms with van der Waals surface area (Å²) in [6.07, 6.45) is 2.26. The molecule has 0 amide bonds. The molecule has 1 aromatic carbocycles. The van der Waals surface area contributed by atoms with Crippen LogP contribution in [0.5, 0.6) is 0 Å². The molecule has 2 heterocycles. The topological polar surface area (TPSA) is 28.5 Å². The van der Waals surface area contributed by atoms with Crippen LogP contribution in [0.2, 0.25) is 5.02 Å². The summed E-state index contributed by atoms with van der Waals surface area (Å²) in [6, 6.07) is 10.4. The van der Waals surface area contributed by atoms with E-state index in [-0.39, 0.29) is 5.78 Å². The number of hydrogen-bond donors (Lipinski definition) is 0. The molecule has 140 valence electrons. The zero-order valence-electron chi connectivity index (χ0n) is 16.1. The van der Waals surface area contributed by atoms with Gasteiger partial charge in [-0.05, 0) is 71.1 Å². The van der Waals surface area contributed by atoms with Gasteiger partial charge in [-0.3, -0.25) is 9.69 Å². The number of aryl methyl sites for hydroxylation is 1. The van der Waals surface area contributed by atoms with Crippen LogP contribution in [0.3, 0.4) is 0 Å². The summed E-state index contributed by atoms with van der Waals surface area (Å²) in [6.45, 7) is 6.55. The second-order valence-corrected chi connectivity index (χ2v) is 7.93. The molecular formula is C21H28ClN3O. The lowest BCUT2D eigenvalue weighted by Gasteiger charge is -2.34. The van der Waals surface area contributed by atoms with Crippen LogP contribution >= 0.6 is 11.6 Å². The molecule has 2 aromatic rings. The Morgan fingerprint density at radius 3 is 2.35 bits per heavy atom. The summed E-state index contributed by atoms with van der Waals surface area (Å²) in [5, 5.41) is 0.716. The van der Waals surface area contributed by atoms with Crippen LogP contribution in [0, 0.1) is 13.8 Å². The first-order valence-electron chi connectivity index (χ1n) is 9.23. The number of benzene rings is 1. The number of carbonyl (C=O) groups excluding carboxylic acids is 1. The van der Waals surface area contributed by atoms with Gasteiger partial charge >= 0.3 is 0 Å². The first-order valence-corrected chi connectivity index (χ1v) is 9.61. The summed E-state index contributed by atoms with van der Waals surface area (Å²) in [5.74, 6) is 0.210. The normalized spacial score (nSPS) is 16.4.